The normalized spacial score (nSPS) is 10.2. The molecule has 3 aromatic carbocycles. The van der Waals surface area contributed by atoms with Crippen LogP contribution in [0.5, 0.6) is 0 Å². The summed E-state index contributed by atoms with van der Waals surface area (Å²) in [6.45, 7) is 0. The van der Waals surface area contributed by atoms with E-state index in [-0.39, 0.29) is 11.8 Å². The van der Waals surface area contributed by atoms with Gasteiger partial charge in [0.1, 0.15) is 0 Å². The highest BCUT2D eigenvalue weighted by Crippen LogP contribution is 2.18. The lowest BCUT2D eigenvalue weighted by molar-refractivity contribution is 0.101. The fourth-order valence-corrected chi connectivity index (χ4v) is 2.72. The Morgan fingerprint density at radius 3 is 1.65 bits per heavy atom. The number of amides is 2. The van der Waals surface area contributed by atoms with Gasteiger partial charge in [0.05, 0.1) is 0 Å². The van der Waals surface area contributed by atoms with Crippen molar-refractivity contribution in [3.63, 3.8) is 0 Å². The van der Waals surface area contributed by atoms with Crippen molar-refractivity contribution in [2.45, 2.75) is 0 Å². The maximum atomic E-state index is 12.4. The van der Waals surface area contributed by atoms with Gasteiger partial charge in [-0.2, -0.15) is 0 Å². The Morgan fingerprint density at radius 2 is 1.08 bits per heavy atom. The number of carbonyl (C=O) groups is 2. The Balaban J connectivity index is 1.73. The molecule has 6 heteroatoms. The van der Waals surface area contributed by atoms with Crippen LogP contribution in [-0.4, -0.2) is 11.8 Å². The third-order valence-electron chi connectivity index (χ3n) is 3.55. The van der Waals surface area contributed by atoms with E-state index < -0.39 is 0 Å². The molecule has 3 aromatic rings. The third-order valence-corrected chi connectivity index (χ3v) is 4.02. The number of hydrogen-bond donors (Lipinski definition) is 2. The van der Waals surface area contributed by atoms with Crippen molar-refractivity contribution in [2.75, 3.05) is 10.6 Å². The molecule has 3 rings (SSSR count). The number of anilines is 2. The monoisotopic (exact) mass is 384 g/mol. The summed E-state index contributed by atoms with van der Waals surface area (Å²) in [6.07, 6.45) is 0. The number of nitrogens with one attached hydrogen (secondary N) is 2. The van der Waals surface area contributed by atoms with Crippen LogP contribution in [0.1, 0.15) is 20.7 Å². The summed E-state index contributed by atoms with van der Waals surface area (Å²) >= 11 is 11.8. The number of benzene rings is 3. The van der Waals surface area contributed by atoms with Gasteiger partial charge in [0.15, 0.2) is 0 Å². The number of hydrogen-bond acceptors (Lipinski definition) is 2. The summed E-state index contributed by atoms with van der Waals surface area (Å²) in [5.74, 6) is -0.606. The smallest absolute Gasteiger partial charge is 0.255 e. The quantitative estimate of drug-likeness (QED) is 0.623. The molecule has 0 aliphatic heterocycles. The molecule has 0 spiro atoms. The molecule has 26 heavy (non-hydrogen) atoms. The second-order valence-electron chi connectivity index (χ2n) is 5.51. The van der Waals surface area contributed by atoms with E-state index in [1.165, 1.54) is 0 Å². The van der Waals surface area contributed by atoms with Crippen LogP contribution in [0.2, 0.25) is 10.0 Å². The Morgan fingerprint density at radius 1 is 0.615 bits per heavy atom. The van der Waals surface area contributed by atoms with E-state index in [2.05, 4.69) is 10.6 Å². The highest BCUT2D eigenvalue weighted by atomic mass is 35.5. The van der Waals surface area contributed by atoms with E-state index >= 15 is 0 Å². The summed E-state index contributed by atoms with van der Waals surface area (Å²) in [4.78, 5) is 24.7. The maximum absolute atomic E-state index is 12.4. The van der Waals surface area contributed by atoms with Gasteiger partial charge in [-0.05, 0) is 54.6 Å². The van der Waals surface area contributed by atoms with Gasteiger partial charge >= 0.3 is 0 Å². The summed E-state index contributed by atoms with van der Waals surface area (Å²) in [7, 11) is 0. The van der Waals surface area contributed by atoms with Crippen molar-refractivity contribution in [1.29, 1.82) is 0 Å². The van der Waals surface area contributed by atoms with Gasteiger partial charge in [-0.1, -0.05) is 41.4 Å². The topological polar surface area (TPSA) is 58.2 Å². The van der Waals surface area contributed by atoms with Crippen LogP contribution in [0.4, 0.5) is 11.4 Å². The molecular weight excluding hydrogens is 371 g/mol. The molecular formula is C20H14Cl2N2O2. The molecule has 0 atom stereocenters. The molecule has 4 nitrogen and oxygen atoms in total. The van der Waals surface area contributed by atoms with Crippen molar-refractivity contribution in [3.05, 3.63) is 94.0 Å². The molecule has 0 aliphatic rings. The molecule has 2 N–H and O–H groups in total. The lowest BCUT2D eigenvalue weighted by Gasteiger charge is -2.09. The molecule has 2 amide bonds. The Bertz CT molecular complexity index is 973. The summed E-state index contributed by atoms with van der Waals surface area (Å²) in [6, 6.07) is 20.2. The van der Waals surface area contributed by atoms with Crippen LogP contribution in [-0.2, 0) is 0 Å². The first-order chi connectivity index (χ1) is 12.5. The molecule has 0 aliphatic carbocycles. The second-order valence-corrected chi connectivity index (χ2v) is 6.38. The van der Waals surface area contributed by atoms with Gasteiger partial charge in [0, 0.05) is 32.5 Å². The van der Waals surface area contributed by atoms with E-state index in [9.17, 15) is 9.59 Å². The molecule has 0 aromatic heterocycles. The summed E-state index contributed by atoms with van der Waals surface area (Å²) in [5, 5.41) is 6.53. The summed E-state index contributed by atoms with van der Waals surface area (Å²) < 4.78 is 0. The van der Waals surface area contributed by atoms with Crippen LogP contribution in [0.15, 0.2) is 72.8 Å². The zero-order valence-electron chi connectivity index (χ0n) is 13.5. The SMILES string of the molecule is O=C(Nc1cccc(C(=O)Nc2cccc(Cl)c2)c1)c1cccc(Cl)c1. The first-order valence-corrected chi connectivity index (χ1v) is 8.51. The van der Waals surface area contributed by atoms with Crippen LogP contribution >= 0.6 is 23.2 Å². The third kappa shape index (κ3) is 4.63. The zero-order valence-corrected chi connectivity index (χ0v) is 15.0. The molecule has 0 unspecified atom stereocenters. The molecule has 0 saturated carbocycles. The molecule has 0 fully saturated rings. The average molecular weight is 385 g/mol. The average Bonchev–Trinajstić information content (AvgIpc) is 2.62. The fraction of sp³-hybridized carbons (Fsp3) is 0. The minimum Gasteiger partial charge on any atom is -0.322 e. The Labute approximate surface area is 160 Å². The Kier molecular flexibility index (Phi) is 5.56. The first-order valence-electron chi connectivity index (χ1n) is 7.75. The van der Waals surface area contributed by atoms with Gasteiger partial charge < -0.3 is 10.6 Å². The van der Waals surface area contributed by atoms with Crippen molar-refractivity contribution >= 4 is 46.4 Å². The molecule has 0 heterocycles. The van der Waals surface area contributed by atoms with Crippen LogP contribution in [0.3, 0.4) is 0 Å². The standard InChI is InChI=1S/C20H14Cl2N2O2/c21-15-6-1-4-13(10-15)19(25)23-17-8-2-5-14(11-17)20(26)24-18-9-3-7-16(22)12-18/h1-12H,(H,23,25)(H,24,26). The van der Waals surface area contributed by atoms with E-state index in [0.717, 1.165) is 0 Å². The Hall–Kier alpha value is -2.82. The van der Waals surface area contributed by atoms with Gasteiger partial charge in [0.25, 0.3) is 11.8 Å². The van der Waals surface area contributed by atoms with Crippen molar-refractivity contribution < 1.29 is 9.59 Å². The van der Waals surface area contributed by atoms with Gasteiger partial charge in [-0.25, -0.2) is 0 Å². The van der Waals surface area contributed by atoms with E-state index in [1.807, 2.05) is 0 Å². The highest BCUT2D eigenvalue weighted by molar-refractivity contribution is 6.31. The highest BCUT2D eigenvalue weighted by Gasteiger charge is 2.10. The number of halogens is 2. The largest absolute Gasteiger partial charge is 0.322 e. The van der Waals surface area contributed by atoms with Crippen LogP contribution in [0.25, 0.3) is 0 Å². The van der Waals surface area contributed by atoms with Crippen LogP contribution < -0.4 is 10.6 Å². The van der Waals surface area contributed by atoms with E-state index in [0.29, 0.717) is 32.5 Å². The van der Waals surface area contributed by atoms with E-state index in [1.54, 1.807) is 72.8 Å². The molecule has 0 radical (unpaired) electrons. The van der Waals surface area contributed by atoms with Crippen molar-refractivity contribution in [3.8, 4) is 0 Å². The lowest BCUT2D eigenvalue weighted by Crippen LogP contribution is -2.14. The molecule has 130 valence electrons. The molecule has 0 bridgehead atoms. The predicted octanol–water partition coefficient (Wildman–Crippen LogP) is 5.50. The van der Waals surface area contributed by atoms with E-state index in [4.69, 9.17) is 23.2 Å². The van der Waals surface area contributed by atoms with Gasteiger partial charge in [0.2, 0.25) is 0 Å². The van der Waals surface area contributed by atoms with Gasteiger partial charge in [-0.3, -0.25) is 9.59 Å². The van der Waals surface area contributed by atoms with Crippen molar-refractivity contribution in [1.82, 2.24) is 0 Å². The predicted molar refractivity (Wildman–Crippen MR) is 105 cm³/mol. The number of carbonyl (C=O) groups excluding carboxylic acids is 2. The molecule has 0 saturated heterocycles. The zero-order chi connectivity index (χ0) is 18.5. The maximum Gasteiger partial charge on any atom is 0.255 e. The minimum atomic E-state index is -0.306. The first kappa shape index (κ1) is 18.0. The van der Waals surface area contributed by atoms with Crippen LogP contribution in [0, 0.1) is 0 Å². The number of rotatable bonds is 4. The van der Waals surface area contributed by atoms with Gasteiger partial charge in [-0.15, -0.1) is 0 Å². The minimum absolute atomic E-state index is 0.300. The van der Waals surface area contributed by atoms with Crippen molar-refractivity contribution in [2.24, 2.45) is 0 Å². The summed E-state index contributed by atoms with van der Waals surface area (Å²) in [5.41, 5.74) is 1.95. The second kappa shape index (κ2) is 8.04. The fourth-order valence-electron chi connectivity index (χ4n) is 2.34. The lowest BCUT2D eigenvalue weighted by atomic mass is 10.1.